The minimum atomic E-state index is -4.65. The van der Waals surface area contributed by atoms with Gasteiger partial charge in [-0.1, -0.05) is 17.7 Å². The molecule has 42 heavy (non-hydrogen) atoms. The van der Waals surface area contributed by atoms with Gasteiger partial charge in [0.05, 0.1) is 22.8 Å². The zero-order chi connectivity index (χ0) is 29.9. The van der Waals surface area contributed by atoms with Gasteiger partial charge in [-0.25, -0.2) is 14.3 Å². The Morgan fingerprint density at radius 2 is 1.83 bits per heavy atom. The third-order valence-corrected chi connectivity index (χ3v) is 8.22. The van der Waals surface area contributed by atoms with Crippen LogP contribution in [0.5, 0.6) is 0 Å². The molecule has 0 saturated carbocycles. The first kappa shape index (κ1) is 28.2. The standard InChI is InChI=1S/C28H27ClF4N8O/c1-15-13-39(14-16(2)38(15)3)17-7-8-22(19(11-17)28(31,32)33)36-26-35-12-18-24(37-26)40-10-9-34-27(40)41(25(18)42)23-20(29)5-4-6-21(23)30/h4-8,11-12,15-16H,9-10,13-14H2,1-3H3,(H,35,36,37)/t15-,16-/m0/s1. The Balaban J connectivity index is 1.33. The van der Waals surface area contributed by atoms with Crippen LogP contribution in [-0.2, 0) is 6.18 Å². The van der Waals surface area contributed by atoms with Crippen molar-refractivity contribution in [2.45, 2.75) is 32.1 Å². The number of aliphatic imine (C=N–C) groups is 1. The highest BCUT2D eigenvalue weighted by atomic mass is 35.5. The third kappa shape index (κ3) is 4.79. The minimum absolute atomic E-state index is 0.0178. The van der Waals surface area contributed by atoms with Crippen molar-refractivity contribution in [1.29, 1.82) is 0 Å². The van der Waals surface area contributed by atoms with Gasteiger partial charge in [-0.2, -0.15) is 18.2 Å². The van der Waals surface area contributed by atoms with E-state index in [1.54, 1.807) is 11.0 Å². The van der Waals surface area contributed by atoms with Crippen molar-refractivity contribution in [2.24, 2.45) is 4.99 Å². The molecule has 6 rings (SSSR count). The number of nitrogens with one attached hydrogen (secondary N) is 1. The van der Waals surface area contributed by atoms with Gasteiger partial charge >= 0.3 is 6.18 Å². The number of carbonyl (C=O) groups is 1. The van der Waals surface area contributed by atoms with E-state index >= 15 is 0 Å². The van der Waals surface area contributed by atoms with E-state index < -0.39 is 23.5 Å². The van der Waals surface area contributed by atoms with Gasteiger partial charge in [0.1, 0.15) is 17.1 Å². The van der Waals surface area contributed by atoms with E-state index in [-0.39, 0.29) is 51.8 Å². The van der Waals surface area contributed by atoms with Crippen LogP contribution in [0.15, 0.2) is 47.6 Å². The molecule has 0 aliphatic carbocycles. The monoisotopic (exact) mass is 602 g/mol. The van der Waals surface area contributed by atoms with Gasteiger partial charge in [0.25, 0.3) is 5.91 Å². The van der Waals surface area contributed by atoms with E-state index in [1.165, 1.54) is 30.5 Å². The molecule has 3 aliphatic rings. The van der Waals surface area contributed by atoms with Crippen molar-refractivity contribution in [1.82, 2.24) is 14.9 Å². The molecule has 1 fully saturated rings. The summed E-state index contributed by atoms with van der Waals surface area (Å²) in [5, 5.41) is 2.72. The number of anilines is 5. The molecule has 9 nitrogen and oxygen atoms in total. The molecule has 0 radical (unpaired) electrons. The predicted octanol–water partition coefficient (Wildman–Crippen LogP) is 5.40. The summed E-state index contributed by atoms with van der Waals surface area (Å²) in [4.78, 5) is 33.2. The van der Waals surface area contributed by atoms with Gasteiger partial charge in [0.15, 0.2) is 5.82 Å². The quantitative estimate of drug-likeness (QED) is 0.401. The van der Waals surface area contributed by atoms with Gasteiger partial charge in [0.2, 0.25) is 11.9 Å². The Morgan fingerprint density at radius 1 is 1.10 bits per heavy atom. The van der Waals surface area contributed by atoms with Gasteiger partial charge in [-0.3, -0.25) is 19.6 Å². The molecule has 1 saturated heterocycles. The second kappa shape index (κ2) is 10.4. The number of rotatable bonds is 4. The van der Waals surface area contributed by atoms with Crippen LogP contribution < -0.4 is 20.0 Å². The van der Waals surface area contributed by atoms with E-state index in [9.17, 15) is 22.4 Å². The fourth-order valence-corrected chi connectivity index (χ4v) is 5.79. The number of carbonyl (C=O) groups excluding carboxylic acids is 1. The predicted molar refractivity (Wildman–Crippen MR) is 154 cm³/mol. The van der Waals surface area contributed by atoms with E-state index in [4.69, 9.17) is 11.6 Å². The molecule has 1 N–H and O–H groups in total. The fourth-order valence-electron chi connectivity index (χ4n) is 5.54. The van der Waals surface area contributed by atoms with Crippen molar-refractivity contribution in [3.05, 3.63) is 64.6 Å². The topological polar surface area (TPSA) is 80.2 Å². The maximum absolute atomic E-state index is 14.8. The molecule has 14 heteroatoms. The van der Waals surface area contributed by atoms with Crippen LogP contribution in [0, 0.1) is 5.82 Å². The first-order chi connectivity index (χ1) is 19.9. The maximum Gasteiger partial charge on any atom is 0.418 e. The van der Waals surface area contributed by atoms with E-state index in [1.807, 2.05) is 25.8 Å². The van der Waals surface area contributed by atoms with Crippen LogP contribution in [0.4, 0.5) is 46.4 Å². The highest BCUT2D eigenvalue weighted by molar-refractivity contribution is 6.38. The van der Waals surface area contributed by atoms with Crippen molar-refractivity contribution >= 4 is 52.3 Å². The molecule has 3 aromatic rings. The van der Waals surface area contributed by atoms with E-state index in [0.717, 1.165) is 11.0 Å². The number of likely N-dealkylation sites (N-methyl/N-ethyl adjacent to an activating group) is 1. The van der Waals surface area contributed by atoms with Gasteiger partial charge in [-0.05, 0) is 51.2 Å². The van der Waals surface area contributed by atoms with Crippen molar-refractivity contribution in [3.8, 4) is 0 Å². The molecule has 1 aromatic heterocycles. The normalized spacial score (nSPS) is 20.9. The number of hydrogen-bond donors (Lipinski definition) is 1. The lowest BCUT2D eigenvalue weighted by Gasteiger charge is -2.43. The number of alkyl halides is 3. The van der Waals surface area contributed by atoms with Crippen LogP contribution in [0.25, 0.3) is 0 Å². The fraction of sp³-hybridized carbons (Fsp3) is 0.357. The largest absolute Gasteiger partial charge is 0.418 e. The van der Waals surface area contributed by atoms with Crippen LogP contribution in [-0.4, -0.2) is 72.0 Å². The molecule has 3 aliphatic heterocycles. The zero-order valence-corrected chi connectivity index (χ0v) is 23.7. The van der Waals surface area contributed by atoms with Gasteiger partial charge in [0, 0.05) is 43.6 Å². The first-order valence-electron chi connectivity index (χ1n) is 13.4. The Kier molecular flexibility index (Phi) is 6.97. The SMILES string of the molecule is C[C@H]1CN(c2ccc(Nc3ncc4c(n3)N3CCN=C3N(c3c(F)cccc3Cl)C4=O)c(C(F)(F)F)c2)C[C@H](C)N1C. The zero-order valence-electron chi connectivity index (χ0n) is 23.0. The summed E-state index contributed by atoms with van der Waals surface area (Å²) in [6.07, 6.45) is -3.45. The molecule has 1 amide bonds. The number of hydrogen-bond acceptors (Lipinski definition) is 8. The summed E-state index contributed by atoms with van der Waals surface area (Å²) in [5.74, 6) is -1.22. The second-order valence-corrected chi connectivity index (χ2v) is 11.0. The summed E-state index contributed by atoms with van der Waals surface area (Å²) in [7, 11) is 2.01. The maximum atomic E-state index is 14.8. The first-order valence-corrected chi connectivity index (χ1v) is 13.7. The third-order valence-electron chi connectivity index (χ3n) is 7.92. The lowest BCUT2D eigenvalue weighted by atomic mass is 10.1. The molecule has 0 spiro atoms. The van der Waals surface area contributed by atoms with E-state index in [0.29, 0.717) is 31.9 Å². The lowest BCUT2D eigenvalue weighted by Crippen LogP contribution is -2.55. The summed E-state index contributed by atoms with van der Waals surface area (Å²) in [5.41, 5.74) is -0.729. The number of para-hydroxylation sites is 1. The minimum Gasteiger partial charge on any atom is -0.368 e. The highest BCUT2D eigenvalue weighted by Crippen LogP contribution is 2.40. The summed E-state index contributed by atoms with van der Waals surface area (Å²) in [6.45, 7) is 5.90. The number of piperazine rings is 1. The Bertz CT molecular complexity index is 1570. The summed E-state index contributed by atoms with van der Waals surface area (Å²) >= 11 is 6.25. The molecule has 220 valence electrons. The van der Waals surface area contributed by atoms with Crippen molar-refractivity contribution in [2.75, 3.05) is 53.2 Å². The number of fused-ring (bicyclic) bond motifs is 3. The van der Waals surface area contributed by atoms with Crippen LogP contribution in [0.2, 0.25) is 5.02 Å². The number of halogens is 5. The summed E-state index contributed by atoms with van der Waals surface area (Å²) in [6, 6.07) is 8.56. The van der Waals surface area contributed by atoms with Crippen molar-refractivity contribution < 1.29 is 22.4 Å². The molecular formula is C28H27ClF4N8O. The van der Waals surface area contributed by atoms with Crippen LogP contribution in [0.3, 0.4) is 0 Å². The number of benzene rings is 2. The Labute approximate surface area is 244 Å². The Hall–Kier alpha value is -3.97. The van der Waals surface area contributed by atoms with Gasteiger partial charge in [-0.15, -0.1) is 0 Å². The molecule has 2 atom stereocenters. The average Bonchev–Trinajstić information content (AvgIpc) is 3.42. The smallest absolute Gasteiger partial charge is 0.368 e. The molecule has 0 bridgehead atoms. The number of guanidine groups is 1. The van der Waals surface area contributed by atoms with Crippen LogP contribution >= 0.6 is 11.6 Å². The number of nitrogens with zero attached hydrogens (tertiary/aromatic N) is 7. The van der Waals surface area contributed by atoms with Crippen LogP contribution in [0.1, 0.15) is 29.8 Å². The number of aromatic nitrogens is 2. The van der Waals surface area contributed by atoms with Crippen molar-refractivity contribution in [3.63, 3.8) is 0 Å². The average molecular weight is 603 g/mol. The van der Waals surface area contributed by atoms with Gasteiger partial charge < -0.3 is 10.2 Å². The summed E-state index contributed by atoms with van der Waals surface area (Å²) < 4.78 is 57.6. The molecule has 2 aromatic carbocycles. The molecular weight excluding hydrogens is 576 g/mol. The molecule has 4 heterocycles. The molecule has 0 unspecified atom stereocenters. The lowest BCUT2D eigenvalue weighted by molar-refractivity contribution is -0.136. The second-order valence-electron chi connectivity index (χ2n) is 10.6. The van der Waals surface area contributed by atoms with E-state index in [2.05, 4.69) is 25.2 Å². The Morgan fingerprint density at radius 3 is 2.52 bits per heavy atom. The highest BCUT2D eigenvalue weighted by Gasteiger charge is 2.42. The number of amides is 1.